The molecular weight excluding hydrogens is 388 g/mol. The van der Waals surface area contributed by atoms with E-state index >= 15 is 0 Å². The van der Waals surface area contributed by atoms with E-state index < -0.39 is 26.0 Å². The topological polar surface area (TPSA) is 110 Å². The summed E-state index contributed by atoms with van der Waals surface area (Å²) in [5.74, 6) is -0.435. The summed E-state index contributed by atoms with van der Waals surface area (Å²) in [6, 6.07) is 6.76. The van der Waals surface area contributed by atoms with E-state index in [-0.39, 0.29) is 20.5 Å². The zero-order valence-electron chi connectivity index (χ0n) is 13.6. The van der Waals surface area contributed by atoms with Gasteiger partial charge in [0.05, 0.1) is 7.11 Å². The number of carbonyl (C=O) groups excluding carboxylic acids is 1. The van der Waals surface area contributed by atoms with Crippen molar-refractivity contribution in [1.29, 1.82) is 0 Å². The molecule has 25 heavy (non-hydrogen) atoms. The molecular formula is C14H16N2O6S3. The lowest BCUT2D eigenvalue weighted by Crippen LogP contribution is -2.33. The highest BCUT2D eigenvalue weighted by Crippen LogP contribution is 2.32. The van der Waals surface area contributed by atoms with Crippen molar-refractivity contribution in [2.75, 3.05) is 19.5 Å². The highest BCUT2D eigenvalue weighted by Gasteiger charge is 2.35. The van der Waals surface area contributed by atoms with E-state index in [2.05, 4.69) is 5.32 Å². The molecule has 8 nitrogen and oxygen atoms in total. The molecule has 136 valence electrons. The molecule has 0 aliphatic rings. The minimum Gasteiger partial charge on any atom is -0.495 e. The van der Waals surface area contributed by atoms with E-state index in [0.717, 1.165) is 24.5 Å². The third kappa shape index (κ3) is 3.84. The quantitative estimate of drug-likeness (QED) is 0.785. The van der Waals surface area contributed by atoms with Crippen LogP contribution in [0.5, 0.6) is 5.75 Å². The van der Waals surface area contributed by atoms with Crippen molar-refractivity contribution in [3.05, 3.63) is 35.7 Å². The number of thiophene rings is 1. The number of methoxy groups -OCH3 is 1. The van der Waals surface area contributed by atoms with E-state index in [1.807, 2.05) is 0 Å². The number of benzene rings is 1. The van der Waals surface area contributed by atoms with E-state index in [9.17, 15) is 21.6 Å². The maximum absolute atomic E-state index is 12.9. The Morgan fingerprint density at radius 1 is 1.16 bits per heavy atom. The van der Waals surface area contributed by atoms with Crippen LogP contribution >= 0.6 is 11.3 Å². The highest BCUT2D eigenvalue weighted by atomic mass is 32.3. The van der Waals surface area contributed by atoms with Crippen molar-refractivity contribution in [1.82, 2.24) is 3.71 Å². The van der Waals surface area contributed by atoms with Gasteiger partial charge in [-0.15, -0.1) is 11.3 Å². The summed E-state index contributed by atoms with van der Waals surface area (Å²) in [6.45, 7) is 1.27. The average Bonchev–Trinajstić information content (AvgIpc) is 3.08. The van der Waals surface area contributed by atoms with Gasteiger partial charge in [-0.1, -0.05) is 9.78 Å². The standard InChI is InChI=1S/C14H16N2O6S3/c1-10(17)15-11-6-7-12(22-3)13(9-11)24(18,19)16(2)25(20,21)14-5-4-8-23-14/h4-9H,1-3H3,(H,15,17). The van der Waals surface area contributed by atoms with Crippen molar-refractivity contribution in [2.24, 2.45) is 0 Å². The normalized spacial score (nSPS) is 12.2. The summed E-state index contributed by atoms with van der Waals surface area (Å²) in [7, 11) is -6.47. The largest absolute Gasteiger partial charge is 0.495 e. The fraction of sp³-hybridized carbons (Fsp3) is 0.214. The molecule has 0 fully saturated rings. The van der Waals surface area contributed by atoms with Gasteiger partial charge in [-0.25, -0.2) is 16.8 Å². The fourth-order valence-electron chi connectivity index (χ4n) is 1.96. The summed E-state index contributed by atoms with van der Waals surface area (Å²) in [5.41, 5.74) is 0.203. The summed E-state index contributed by atoms with van der Waals surface area (Å²) in [4.78, 5) is 10.8. The van der Waals surface area contributed by atoms with Crippen LogP contribution in [0.15, 0.2) is 44.8 Å². The molecule has 0 bridgehead atoms. The predicted molar refractivity (Wildman–Crippen MR) is 93.8 cm³/mol. The van der Waals surface area contributed by atoms with Gasteiger partial charge in [-0.3, -0.25) is 4.79 Å². The van der Waals surface area contributed by atoms with Crippen molar-refractivity contribution in [2.45, 2.75) is 16.0 Å². The number of nitrogens with zero attached hydrogens (tertiary/aromatic N) is 1. The molecule has 1 heterocycles. The molecule has 2 aromatic rings. The molecule has 0 radical (unpaired) electrons. The van der Waals surface area contributed by atoms with Crippen molar-refractivity contribution in [3.8, 4) is 5.75 Å². The lowest BCUT2D eigenvalue weighted by atomic mass is 10.3. The number of hydrogen-bond acceptors (Lipinski definition) is 7. The maximum atomic E-state index is 12.9. The van der Waals surface area contributed by atoms with Crippen molar-refractivity contribution in [3.63, 3.8) is 0 Å². The van der Waals surface area contributed by atoms with Gasteiger partial charge in [0.25, 0.3) is 20.0 Å². The highest BCUT2D eigenvalue weighted by molar-refractivity contribution is 8.04. The molecule has 0 atom stereocenters. The SMILES string of the molecule is COc1ccc(NC(C)=O)cc1S(=O)(=O)N(C)S(=O)(=O)c1cccs1. The number of amides is 1. The van der Waals surface area contributed by atoms with E-state index in [4.69, 9.17) is 4.74 Å². The Balaban J connectivity index is 2.57. The van der Waals surface area contributed by atoms with Crippen molar-refractivity contribution < 1.29 is 26.4 Å². The smallest absolute Gasteiger partial charge is 0.265 e. The van der Waals surface area contributed by atoms with Crippen LogP contribution in [0.4, 0.5) is 5.69 Å². The molecule has 1 aromatic carbocycles. The Bertz CT molecular complexity index is 982. The second kappa shape index (κ2) is 7.12. The third-order valence-electron chi connectivity index (χ3n) is 3.19. The molecule has 0 unspecified atom stereocenters. The van der Waals surface area contributed by atoms with Gasteiger partial charge in [0, 0.05) is 19.7 Å². The van der Waals surface area contributed by atoms with E-state index in [1.165, 1.54) is 43.7 Å². The zero-order valence-corrected chi connectivity index (χ0v) is 16.0. The Hall–Kier alpha value is -1.95. The Morgan fingerprint density at radius 3 is 2.36 bits per heavy atom. The number of anilines is 1. The van der Waals surface area contributed by atoms with Crippen LogP contribution < -0.4 is 10.1 Å². The number of carbonyl (C=O) groups is 1. The van der Waals surface area contributed by atoms with Gasteiger partial charge in [0.2, 0.25) is 5.91 Å². The molecule has 1 amide bonds. The lowest BCUT2D eigenvalue weighted by molar-refractivity contribution is -0.114. The number of ether oxygens (including phenoxy) is 1. The van der Waals surface area contributed by atoms with E-state index in [0.29, 0.717) is 3.71 Å². The minimum atomic E-state index is -4.45. The monoisotopic (exact) mass is 404 g/mol. The van der Waals surface area contributed by atoms with Crippen LogP contribution in [0.2, 0.25) is 0 Å². The first kappa shape index (κ1) is 19.4. The average molecular weight is 404 g/mol. The van der Waals surface area contributed by atoms with Gasteiger partial charge >= 0.3 is 0 Å². The number of hydrogen-bond donors (Lipinski definition) is 1. The molecule has 1 N–H and O–H groups in total. The second-order valence-corrected chi connectivity index (χ2v) is 10.2. The summed E-state index contributed by atoms with van der Waals surface area (Å²) in [6.07, 6.45) is 0. The predicted octanol–water partition coefficient (Wildman–Crippen LogP) is 1.72. The van der Waals surface area contributed by atoms with Crippen LogP contribution in [0, 0.1) is 0 Å². The number of rotatable bonds is 6. The Labute approximate surface area is 150 Å². The fourth-order valence-corrected chi connectivity index (χ4v) is 6.52. The van der Waals surface area contributed by atoms with Crippen LogP contribution in [-0.4, -0.2) is 40.6 Å². The number of sulfonamides is 2. The molecule has 1 aromatic heterocycles. The second-order valence-electron chi connectivity index (χ2n) is 4.87. The van der Waals surface area contributed by atoms with Gasteiger partial charge in [-0.2, -0.15) is 0 Å². The first-order chi connectivity index (χ1) is 11.6. The van der Waals surface area contributed by atoms with Gasteiger partial charge in [0.15, 0.2) is 0 Å². The first-order valence-electron chi connectivity index (χ1n) is 6.84. The Kier molecular flexibility index (Phi) is 5.52. The van der Waals surface area contributed by atoms with Crippen molar-refractivity contribution >= 4 is 43.0 Å². The molecule has 0 spiro atoms. The van der Waals surface area contributed by atoms with Gasteiger partial charge < -0.3 is 10.1 Å². The lowest BCUT2D eigenvalue weighted by Gasteiger charge is -2.19. The van der Waals surface area contributed by atoms with Gasteiger partial charge in [0.1, 0.15) is 14.9 Å². The van der Waals surface area contributed by atoms with Gasteiger partial charge in [-0.05, 0) is 29.6 Å². The summed E-state index contributed by atoms with van der Waals surface area (Å²) < 4.78 is 56.0. The van der Waals surface area contributed by atoms with E-state index in [1.54, 1.807) is 0 Å². The summed E-state index contributed by atoms with van der Waals surface area (Å²) in [5, 5.41) is 3.98. The molecule has 0 saturated carbocycles. The Morgan fingerprint density at radius 2 is 1.84 bits per heavy atom. The number of nitrogens with one attached hydrogen (secondary N) is 1. The molecule has 0 aliphatic carbocycles. The maximum Gasteiger partial charge on any atom is 0.265 e. The third-order valence-corrected chi connectivity index (χ3v) is 8.82. The summed E-state index contributed by atoms with van der Waals surface area (Å²) >= 11 is 0.909. The van der Waals surface area contributed by atoms with Crippen LogP contribution in [0.1, 0.15) is 6.92 Å². The van der Waals surface area contributed by atoms with Crippen LogP contribution in [0.3, 0.4) is 0 Å². The first-order valence-corrected chi connectivity index (χ1v) is 10.6. The zero-order chi connectivity index (χ0) is 18.8. The molecule has 2 rings (SSSR count). The molecule has 11 heteroatoms. The van der Waals surface area contributed by atoms with Crippen LogP contribution in [-0.2, 0) is 24.8 Å². The molecule has 0 aliphatic heterocycles. The molecule has 0 saturated heterocycles. The van der Waals surface area contributed by atoms with Crippen LogP contribution in [0.25, 0.3) is 0 Å². The minimum absolute atomic E-state index is 0.0395.